The van der Waals surface area contributed by atoms with Crippen molar-refractivity contribution < 1.29 is 9.26 Å². The van der Waals surface area contributed by atoms with E-state index in [1.54, 1.807) is 7.11 Å². The summed E-state index contributed by atoms with van der Waals surface area (Å²) >= 11 is 0. The Morgan fingerprint density at radius 3 is 2.57 bits per heavy atom. The quantitative estimate of drug-likeness (QED) is 0.935. The third-order valence-electron chi connectivity index (χ3n) is 4.17. The number of hydrogen-bond donors (Lipinski definition) is 1. The number of rotatable bonds is 4. The van der Waals surface area contributed by atoms with E-state index in [-0.39, 0.29) is 5.54 Å². The lowest BCUT2D eigenvalue weighted by Gasteiger charge is -2.31. The number of nitrogens with two attached hydrogens (primary N) is 1. The Morgan fingerprint density at radius 2 is 1.90 bits per heavy atom. The summed E-state index contributed by atoms with van der Waals surface area (Å²) in [6, 6.07) is 7.62. The Bertz CT molecular complexity index is 586. The number of hydrogen-bond acceptors (Lipinski definition) is 5. The van der Waals surface area contributed by atoms with E-state index in [2.05, 4.69) is 10.1 Å². The van der Waals surface area contributed by atoms with Crippen LogP contribution in [0.4, 0.5) is 0 Å². The van der Waals surface area contributed by atoms with Gasteiger partial charge >= 0.3 is 0 Å². The molecule has 0 aliphatic heterocycles. The monoisotopic (exact) mass is 287 g/mol. The fraction of sp³-hybridized carbons (Fsp3) is 0.500. The molecule has 1 aromatic heterocycles. The SMILES string of the molecule is COc1ccc(-c2noc(CC3(N)CCCCC3)n2)cc1. The van der Waals surface area contributed by atoms with Crippen molar-refractivity contribution in [3.05, 3.63) is 30.2 Å². The molecule has 0 bridgehead atoms. The molecule has 0 saturated heterocycles. The first kappa shape index (κ1) is 14.1. The van der Waals surface area contributed by atoms with Crippen molar-refractivity contribution >= 4 is 0 Å². The molecule has 1 aromatic carbocycles. The molecule has 5 heteroatoms. The molecule has 3 rings (SSSR count). The van der Waals surface area contributed by atoms with E-state index in [0.29, 0.717) is 18.1 Å². The second kappa shape index (κ2) is 5.85. The molecule has 0 amide bonds. The van der Waals surface area contributed by atoms with Crippen molar-refractivity contribution in [2.24, 2.45) is 5.73 Å². The minimum absolute atomic E-state index is 0.179. The number of methoxy groups -OCH3 is 1. The van der Waals surface area contributed by atoms with Crippen LogP contribution in [-0.2, 0) is 6.42 Å². The lowest BCUT2D eigenvalue weighted by molar-refractivity contribution is 0.261. The van der Waals surface area contributed by atoms with Crippen LogP contribution >= 0.6 is 0 Å². The second-order valence-electron chi connectivity index (χ2n) is 5.84. The molecule has 0 radical (unpaired) electrons. The Labute approximate surface area is 124 Å². The van der Waals surface area contributed by atoms with E-state index in [1.807, 2.05) is 24.3 Å². The van der Waals surface area contributed by atoms with Crippen LogP contribution in [0.5, 0.6) is 5.75 Å². The number of ether oxygens (including phenoxy) is 1. The van der Waals surface area contributed by atoms with Crippen LogP contribution in [0.15, 0.2) is 28.8 Å². The van der Waals surface area contributed by atoms with E-state index >= 15 is 0 Å². The van der Waals surface area contributed by atoms with Crippen molar-refractivity contribution in [3.63, 3.8) is 0 Å². The lowest BCUT2D eigenvalue weighted by Crippen LogP contribution is -2.43. The molecule has 112 valence electrons. The van der Waals surface area contributed by atoms with Gasteiger partial charge in [0.25, 0.3) is 0 Å². The molecule has 21 heavy (non-hydrogen) atoms. The first-order valence-corrected chi connectivity index (χ1v) is 7.44. The van der Waals surface area contributed by atoms with E-state index in [9.17, 15) is 0 Å². The Hall–Kier alpha value is -1.88. The molecule has 1 aliphatic carbocycles. The molecule has 2 N–H and O–H groups in total. The zero-order chi connectivity index (χ0) is 14.7. The van der Waals surface area contributed by atoms with Crippen LogP contribution < -0.4 is 10.5 Å². The van der Waals surface area contributed by atoms with Gasteiger partial charge in [-0.15, -0.1) is 0 Å². The van der Waals surface area contributed by atoms with Crippen LogP contribution in [0.1, 0.15) is 38.0 Å². The minimum Gasteiger partial charge on any atom is -0.497 e. The largest absolute Gasteiger partial charge is 0.497 e. The van der Waals surface area contributed by atoms with Crippen molar-refractivity contribution in [1.29, 1.82) is 0 Å². The van der Waals surface area contributed by atoms with Crippen LogP contribution in [0.3, 0.4) is 0 Å². The maximum absolute atomic E-state index is 6.43. The smallest absolute Gasteiger partial charge is 0.228 e. The first-order valence-electron chi connectivity index (χ1n) is 7.44. The summed E-state index contributed by atoms with van der Waals surface area (Å²) in [6.45, 7) is 0. The molecule has 1 fully saturated rings. The molecular formula is C16H21N3O2. The summed E-state index contributed by atoms with van der Waals surface area (Å²) in [4.78, 5) is 4.48. The highest BCUT2D eigenvalue weighted by atomic mass is 16.5. The maximum atomic E-state index is 6.43. The molecule has 1 aliphatic rings. The standard InChI is InChI=1S/C16H21N3O2/c1-20-13-7-5-12(6-8-13)15-18-14(21-19-15)11-16(17)9-3-2-4-10-16/h5-8H,2-4,9-11,17H2,1H3. The summed E-state index contributed by atoms with van der Waals surface area (Å²) in [5, 5.41) is 4.06. The number of aromatic nitrogens is 2. The van der Waals surface area contributed by atoms with Gasteiger partial charge in [0.15, 0.2) is 0 Å². The molecule has 0 atom stereocenters. The summed E-state index contributed by atoms with van der Waals surface area (Å²) in [5.41, 5.74) is 7.17. The summed E-state index contributed by atoms with van der Waals surface area (Å²) in [6.07, 6.45) is 6.39. The Kier molecular flexibility index (Phi) is 3.92. The molecule has 0 spiro atoms. The van der Waals surface area contributed by atoms with E-state index in [1.165, 1.54) is 19.3 Å². The van der Waals surface area contributed by atoms with Gasteiger partial charge in [-0.05, 0) is 37.1 Å². The zero-order valence-corrected chi connectivity index (χ0v) is 12.3. The molecule has 1 heterocycles. The van der Waals surface area contributed by atoms with Crippen molar-refractivity contribution in [1.82, 2.24) is 10.1 Å². The Balaban J connectivity index is 1.73. The second-order valence-corrected chi connectivity index (χ2v) is 5.84. The molecular weight excluding hydrogens is 266 g/mol. The van der Waals surface area contributed by atoms with Crippen LogP contribution in [-0.4, -0.2) is 22.8 Å². The summed E-state index contributed by atoms with van der Waals surface area (Å²) < 4.78 is 10.5. The van der Waals surface area contributed by atoms with Gasteiger partial charge in [0.1, 0.15) is 5.75 Å². The average Bonchev–Trinajstić information content (AvgIpc) is 2.96. The predicted molar refractivity (Wildman–Crippen MR) is 80.0 cm³/mol. The van der Waals surface area contributed by atoms with E-state index < -0.39 is 0 Å². The highest BCUT2D eigenvalue weighted by Crippen LogP contribution is 2.29. The fourth-order valence-electron chi connectivity index (χ4n) is 2.92. The molecule has 0 unspecified atom stereocenters. The van der Waals surface area contributed by atoms with Gasteiger partial charge in [-0.25, -0.2) is 0 Å². The van der Waals surface area contributed by atoms with Crippen molar-refractivity contribution in [2.75, 3.05) is 7.11 Å². The van der Waals surface area contributed by atoms with Gasteiger partial charge in [-0.2, -0.15) is 4.98 Å². The third kappa shape index (κ3) is 3.24. The molecule has 2 aromatic rings. The zero-order valence-electron chi connectivity index (χ0n) is 12.3. The van der Waals surface area contributed by atoms with E-state index in [4.69, 9.17) is 15.0 Å². The van der Waals surface area contributed by atoms with Crippen LogP contribution in [0.25, 0.3) is 11.4 Å². The normalized spacial score (nSPS) is 17.6. The van der Waals surface area contributed by atoms with Gasteiger partial charge in [0, 0.05) is 17.5 Å². The average molecular weight is 287 g/mol. The highest BCUT2D eigenvalue weighted by Gasteiger charge is 2.30. The summed E-state index contributed by atoms with van der Waals surface area (Å²) in [7, 11) is 1.65. The lowest BCUT2D eigenvalue weighted by atomic mass is 9.80. The first-order chi connectivity index (χ1) is 10.2. The van der Waals surface area contributed by atoms with Gasteiger partial charge in [-0.3, -0.25) is 0 Å². The third-order valence-corrected chi connectivity index (χ3v) is 4.17. The maximum Gasteiger partial charge on any atom is 0.228 e. The topological polar surface area (TPSA) is 74.2 Å². The van der Waals surface area contributed by atoms with Gasteiger partial charge in [0.05, 0.1) is 7.11 Å². The number of benzene rings is 1. The molecule has 5 nitrogen and oxygen atoms in total. The van der Waals surface area contributed by atoms with Crippen molar-refractivity contribution in [2.45, 2.75) is 44.1 Å². The van der Waals surface area contributed by atoms with Crippen LogP contribution in [0, 0.1) is 0 Å². The van der Waals surface area contributed by atoms with Gasteiger partial charge < -0.3 is 15.0 Å². The highest BCUT2D eigenvalue weighted by molar-refractivity contribution is 5.55. The predicted octanol–water partition coefficient (Wildman–Crippen LogP) is 2.95. The van der Waals surface area contributed by atoms with Gasteiger partial charge in [-0.1, -0.05) is 24.4 Å². The summed E-state index contributed by atoms with van der Waals surface area (Å²) in [5.74, 6) is 2.04. The fourth-order valence-corrected chi connectivity index (χ4v) is 2.92. The Morgan fingerprint density at radius 1 is 1.19 bits per heavy atom. The van der Waals surface area contributed by atoms with Crippen molar-refractivity contribution in [3.8, 4) is 17.1 Å². The van der Waals surface area contributed by atoms with Crippen LogP contribution in [0.2, 0.25) is 0 Å². The van der Waals surface area contributed by atoms with E-state index in [0.717, 1.165) is 24.2 Å². The number of nitrogens with zero attached hydrogens (tertiary/aromatic N) is 2. The minimum atomic E-state index is -0.179. The van der Waals surface area contributed by atoms with Gasteiger partial charge in [0.2, 0.25) is 11.7 Å². The molecule has 1 saturated carbocycles.